The zero-order chi connectivity index (χ0) is 8.20. The van der Waals surface area contributed by atoms with Crippen molar-refractivity contribution in [3.63, 3.8) is 0 Å². The van der Waals surface area contributed by atoms with Crippen molar-refractivity contribution in [3.05, 3.63) is 0 Å². The van der Waals surface area contributed by atoms with Gasteiger partial charge in [-0.1, -0.05) is 20.8 Å². The van der Waals surface area contributed by atoms with E-state index < -0.39 is 5.60 Å². The maximum atomic E-state index is 9.83. The van der Waals surface area contributed by atoms with Gasteiger partial charge in [0.05, 0.1) is 0 Å². The van der Waals surface area contributed by atoms with Gasteiger partial charge >= 0.3 is 0 Å². The van der Waals surface area contributed by atoms with E-state index >= 15 is 0 Å². The Morgan fingerprint density at radius 2 is 1.64 bits per heavy atom. The minimum atomic E-state index is -0.519. The second kappa shape index (κ2) is 5.98. The minimum Gasteiger partial charge on any atom is -1.00 e. The van der Waals surface area contributed by atoms with E-state index in [0.29, 0.717) is 0 Å². The topological polar surface area (TPSA) is 47.9 Å². The first-order chi connectivity index (χ1) is 4.60. The Kier molecular flexibility index (Phi) is 7.58. The third-order valence-electron chi connectivity index (χ3n) is 2.48. The Morgan fingerprint density at radius 3 is 1.73 bits per heavy atom. The van der Waals surface area contributed by atoms with Crippen LogP contribution in [-0.4, -0.2) is 16.7 Å². The molecular formula is C8H20BrNO. The van der Waals surface area contributed by atoms with Gasteiger partial charge < -0.3 is 27.8 Å². The molecule has 0 bridgehead atoms. The molecule has 0 aromatic rings. The van der Waals surface area contributed by atoms with E-state index in [1.807, 2.05) is 13.8 Å². The zero-order valence-corrected chi connectivity index (χ0v) is 9.32. The molecule has 1 unspecified atom stereocenters. The quantitative estimate of drug-likeness (QED) is 0.550. The summed E-state index contributed by atoms with van der Waals surface area (Å²) >= 11 is 0. The number of hydrogen-bond donors (Lipinski definition) is 2. The molecule has 0 spiro atoms. The van der Waals surface area contributed by atoms with Crippen molar-refractivity contribution in [1.82, 2.24) is 0 Å². The van der Waals surface area contributed by atoms with Gasteiger partial charge in [0.25, 0.3) is 0 Å². The number of quaternary nitrogens is 1. The number of hydrogen-bond acceptors (Lipinski definition) is 1. The van der Waals surface area contributed by atoms with Crippen LogP contribution in [0.25, 0.3) is 0 Å². The molecule has 11 heavy (non-hydrogen) atoms. The molecule has 2 nitrogen and oxygen atoms in total. The van der Waals surface area contributed by atoms with Crippen molar-refractivity contribution >= 4 is 0 Å². The fraction of sp³-hybridized carbons (Fsp3) is 1.00. The predicted octanol–water partition coefficient (Wildman–Crippen LogP) is -2.44. The van der Waals surface area contributed by atoms with Crippen LogP contribution in [0, 0.1) is 0 Å². The highest BCUT2D eigenvalue weighted by atomic mass is 79.9. The van der Waals surface area contributed by atoms with Gasteiger partial charge in [-0.3, -0.25) is 0 Å². The van der Waals surface area contributed by atoms with Gasteiger partial charge in [-0.15, -0.1) is 0 Å². The molecule has 70 valence electrons. The van der Waals surface area contributed by atoms with Gasteiger partial charge in [-0.2, -0.15) is 0 Å². The van der Waals surface area contributed by atoms with Crippen molar-refractivity contribution in [2.75, 3.05) is 0 Å². The van der Waals surface area contributed by atoms with E-state index in [-0.39, 0.29) is 23.0 Å². The van der Waals surface area contributed by atoms with Gasteiger partial charge in [-0.05, 0) is 19.3 Å². The van der Waals surface area contributed by atoms with E-state index in [2.05, 4.69) is 12.7 Å². The molecule has 0 aromatic carbocycles. The molecule has 0 saturated heterocycles. The summed E-state index contributed by atoms with van der Waals surface area (Å²) in [6, 6.07) is 0.183. The summed E-state index contributed by atoms with van der Waals surface area (Å²) in [5.74, 6) is 0. The van der Waals surface area contributed by atoms with Crippen LogP contribution >= 0.6 is 0 Å². The van der Waals surface area contributed by atoms with E-state index in [1.165, 1.54) is 0 Å². The van der Waals surface area contributed by atoms with E-state index in [0.717, 1.165) is 19.3 Å². The highest BCUT2D eigenvalue weighted by Crippen LogP contribution is 2.18. The molecule has 0 radical (unpaired) electrons. The second-order valence-corrected chi connectivity index (χ2v) is 2.92. The third-order valence-corrected chi connectivity index (χ3v) is 2.48. The Bertz CT molecular complexity index is 94.1. The van der Waals surface area contributed by atoms with E-state index in [9.17, 15) is 5.11 Å². The third kappa shape index (κ3) is 3.54. The Morgan fingerprint density at radius 1 is 1.27 bits per heavy atom. The maximum Gasteiger partial charge on any atom is 0.115 e. The van der Waals surface area contributed by atoms with Crippen molar-refractivity contribution in [1.29, 1.82) is 0 Å². The molecular weight excluding hydrogens is 206 g/mol. The fourth-order valence-electron chi connectivity index (χ4n) is 1.21. The molecule has 3 heteroatoms. The first-order valence-electron chi connectivity index (χ1n) is 4.16. The van der Waals surface area contributed by atoms with Gasteiger partial charge in [0.1, 0.15) is 11.6 Å². The summed E-state index contributed by atoms with van der Waals surface area (Å²) in [6.45, 7) is 6.09. The van der Waals surface area contributed by atoms with Crippen LogP contribution in [0.1, 0.15) is 40.0 Å². The molecule has 0 aliphatic heterocycles. The van der Waals surface area contributed by atoms with Gasteiger partial charge in [0.2, 0.25) is 0 Å². The van der Waals surface area contributed by atoms with Crippen molar-refractivity contribution in [2.24, 2.45) is 0 Å². The van der Waals surface area contributed by atoms with Gasteiger partial charge in [0.15, 0.2) is 0 Å². The predicted molar refractivity (Wildman–Crippen MR) is 42.5 cm³/mol. The van der Waals surface area contributed by atoms with Crippen LogP contribution in [0.2, 0.25) is 0 Å². The lowest BCUT2D eigenvalue weighted by molar-refractivity contribution is -0.455. The summed E-state index contributed by atoms with van der Waals surface area (Å²) in [6.07, 6.45) is 2.58. The van der Waals surface area contributed by atoms with Crippen LogP contribution in [0.15, 0.2) is 0 Å². The molecule has 1 atom stereocenters. The number of rotatable bonds is 4. The van der Waals surface area contributed by atoms with Gasteiger partial charge in [0, 0.05) is 0 Å². The van der Waals surface area contributed by atoms with E-state index in [4.69, 9.17) is 0 Å². The van der Waals surface area contributed by atoms with E-state index in [1.54, 1.807) is 0 Å². The molecule has 0 rings (SSSR count). The van der Waals surface area contributed by atoms with Crippen molar-refractivity contribution < 1.29 is 27.8 Å². The van der Waals surface area contributed by atoms with Gasteiger partial charge in [-0.25, -0.2) is 0 Å². The average Bonchev–Trinajstić information content (AvgIpc) is 2.01. The molecule has 0 aliphatic carbocycles. The van der Waals surface area contributed by atoms with Crippen molar-refractivity contribution in [2.45, 2.75) is 51.7 Å². The van der Waals surface area contributed by atoms with Crippen LogP contribution in [-0.2, 0) is 0 Å². The Labute approximate surface area is 79.9 Å². The Hall–Kier alpha value is 0.400. The molecule has 0 saturated carbocycles. The van der Waals surface area contributed by atoms with Crippen LogP contribution in [0.5, 0.6) is 0 Å². The normalized spacial score (nSPS) is 13.9. The summed E-state index contributed by atoms with van der Waals surface area (Å²) in [5, 5.41) is 9.83. The minimum absolute atomic E-state index is 0. The molecule has 0 aliphatic rings. The summed E-state index contributed by atoms with van der Waals surface area (Å²) in [4.78, 5) is 0. The fourth-order valence-corrected chi connectivity index (χ4v) is 1.21. The van der Waals surface area contributed by atoms with Crippen LogP contribution in [0.3, 0.4) is 0 Å². The number of halogens is 1. The zero-order valence-electron chi connectivity index (χ0n) is 7.73. The molecule has 0 heterocycles. The molecule has 0 aromatic heterocycles. The summed E-state index contributed by atoms with van der Waals surface area (Å²) in [7, 11) is 0. The van der Waals surface area contributed by atoms with Crippen LogP contribution < -0.4 is 22.7 Å². The number of aliphatic hydroxyl groups is 1. The Balaban J connectivity index is 0. The highest BCUT2D eigenvalue weighted by molar-refractivity contribution is 4.81. The SMILES string of the molecule is CCC([NH3+])C(O)(CC)CC.[Br-]. The monoisotopic (exact) mass is 225 g/mol. The lowest BCUT2D eigenvalue weighted by Crippen LogP contribution is -3.00. The van der Waals surface area contributed by atoms with Crippen molar-refractivity contribution in [3.8, 4) is 0 Å². The largest absolute Gasteiger partial charge is 1.00 e. The summed E-state index contributed by atoms with van der Waals surface area (Å²) in [5.41, 5.74) is 3.40. The highest BCUT2D eigenvalue weighted by Gasteiger charge is 2.31. The lowest BCUT2D eigenvalue weighted by Gasteiger charge is -2.28. The standard InChI is InChI=1S/C8H19NO.BrH/c1-4-7(9)8(10,5-2)6-3;/h7,10H,4-6,9H2,1-3H3;1H. The second-order valence-electron chi connectivity index (χ2n) is 2.92. The average molecular weight is 226 g/mol. The smallest absolute Gasteiger partial charge is 0.115 e. The molecule has 4 N–H and O–H groups in total. The lowest BCUT2D eigenvalue weighted by atomic mass is 9.88. The van der Waals surface area contributed by atoms with Crippen LogP contribution in [0.4, 0.5) is 0 Å². The molecule has 0 fully saturated rings. The molecule has 0 amide bonds. The summed E-state index contributed by atoms with van der Waals surface area (Å²) < 4.78 is 0. The first-order valence-corrected chi connectivity index (χ1v) is 4.16. The first kappa shape index (κ1) is 14.0. The maximum absolute atomic E-state index is 9.83.